The van der Waals surface area contributed by atoms with Crippen LogP contribution in [-0.4, -0.2) is 31.7 Å². The van der Waals surface area contributed by atoms with E-state index in [1.807, 2.05) is 0 Å². The third-order valence-corrected chi connectivity index (χ3v) is 6.48. The van der Waals surface area contributed by atoms with Gasteiger partial charge in [-0.3, -0.25) is 4.79 Å². The lowest BCUT2D eigenvalue weighted by Gasteiger charge is -2.25. The van der Waals surface area contributed by atoms with Crippen molar-refractivity contribution in [2.45, 2.75) is 24.2 Å². The predicted molar refractivity (Wildman–Crippen MR) is 98.4 cm³/mol. The molecule has 3 rings (SSSR count). The SMILES string of the molecule is O=C(Nc1ccc(S(=O)(=O)N2CCCCC2)cc1)c1c(F)cccc1Cl. The number of rotatable bonds is 4. The van der Waals surface area contributed by atoms with Gasteiger partial charge in [-0.15, -0.1) is 0 Å². The van der Waals surface area contributed by atoms with E-state index in [4.69, 9.17) is 11.6 Å². The predicted octanol–water partition coefficient (Wildman–Crippen LogP) is 3.91. The summed E-state index contributed by atoms with van der Waals surface area (Å²) in [6.07, 6.45) is 2.75. The maximum absolute atomic E-state index is 13.8. The number of halogens is 2. The topological polar surface area (TPSA) is 66.5 Å². The molecule has 1 aliphatic rings. The van der Waals surface area contributed by atoms with Crippen molar-refractivity contribution in [3.63, 3.8) is 0 Å². The molecule has 2 aromatic carbocycles. The van der Waals surface area contributed by atoms with E-state index in [0.717, 1.165) is 25.3 Å². The summed E-state index contributed by atoms with van der Waals surface area (Å²) in [5.74, 6) is -1.42. The van der Waals surface area contributed by atoms with Gasteiger partial charge in [0.2, 0.25) is 10.0 Å². The number of sulfonamides is 1. The number of carbonyl (C=O) groups is 1. The Morgan fingerprint density at radius 1 is 1.04 bits per heavy atom. The lowest BCUT2D eigenvalue weighted by molar-refractivity contribution is 0.102. The van der Waals surface area contributed by atoms with E-state index in [0.29, 0.717) is 18.8 Å². The van der Waals surface area contributed by atoms with Crippen LogP contribution in [0.15, 0.2) is 47.4 Å². The lowest BCUT2D eigenvalue weighted by Crippen LogP contribution is -2.35. The van der Waals surface area contributed by atoms with Crippen molar-refractivity contribution in [1.29, 1.82) is 0 Å². The quantitative estimate of drug-likeness (QED) is 0.852. The Kier molecular flexibility index (Phi) is 5.60. The maximum atomic E-state index is 13.8. The zero-order valence-electron chi connectivity index (χ0n) is 13.9. The highest BCUT2D eigenvalue weighted by Gasteiger charge is 2.25. The molecule has 0 atom stereocenters. The second-order valence-corrected chi connectivity index (χ2v) is 8.39. The molecule has 8 heteroatoms. The normalized spacial score (nSPS) is 15.6. The molecule has 1 saturated heterocycles. The molecule has 26 heavy (non-hydrogen) atoms. The van der Waals surface area contributed by atoms with Crippen LogP contribution < -0.4 is 5.32 Å². The summed E-state index contributed by atoms with van der Waals surface area (Å²) in [5, 5.41) is 2.53. The highest BCUT2D eigenvalue weighted by molar-refractivity contribution is 7.89. The maximum Gasteiger partial charge on any atom is 0.260 e. The molecule has 1 aliphatic heterocycles. The fourth-order valence-corrected chi connectivity index (χ4v) is 4.64. The second kappa shape index (κ2) is 7.73. The Morgan fingerprint density at radius 2 is 1.69 bits per heavy atom. The molecule has 0 spiro atoms. The molecular weight excluding hydrogens is 379 g/mol. The molecule has 1 amide bonds. The number of carbonyl (C=O) groups excluding carboxylic acids is 1. The molecule has 1 fully saturated rings. The Morgan fingerprint density at radius 3 is 2.31 bits per heavy atom. The molecule has 5 nitrogen and oxygen atoms in total. The molecule has 0 aliphatic carbocycles. The van der Waals surface area contributed by atoms with Gasteiger partial charge in [-0.25, -0.2) is 12.8 Å². The first-order chi connectivity index (χ1) is 12.4. The van der Waals surface area contributed by atoms with E-state index in [1.54, 1.807) is 0 Å². The molecule has 0 unspecified atom stereocenters. The van der Waals surface area contributed by atoms with Crippen LogP contribution in [0.4, 0.5) is 10.1 Å². The van der Waals surface area contributed by atoms with Crippen molar-refractivity contribution in [2.75, 3.05) is 18.4 Å². The van der Waals surface area contributed by atoms with E-state index < -0.39 is 21.7 Å². The molecule has 138 valence electrons. The van der Waals surface area contributed by atoms with Crippen molar-refractivity contribution < 1.29 is 17.6 Å². The zero-order valence-corrected chi connectivity index (χ0v) is 15.5. The number of hydrogen-bond donors (Lipinski definition) is 1. The first kappa shape index (κ1) is 18.8. The molecule has 0 bridgehead atoms. The number of hydrogen-bond acceptors (Lipinski definition) is 3. The van der Waals surface area contributed by atoms with Gasteiger partial charge < -0.3 is 5.32 Å². The van der Waals surface area contributed by atoms with Gasteiger partial charge in [-0.1, -0.05) is 24.1 Å². The second-order valence-electron chi connectivity index (χ2n) is 6.04. The Labute approximate surface area is 156 Å². The summed E-state index contributed by atoms with van der Waals surface area (Å²) in [7, 11) is -3.53. The minimum atomic E-state index is -3.53. The van der Waals surface area contributed by atoms with E-state index >= 15 is 0 Å². The fourth-order valence-electron chi connectivity index (χ4n) is 2.87. The molecule has 2 aromatic rings. The van der Waals surface area contributed by atoms with Gasteiger partial charge in [0.15, 0.2) is 0 Å². The molecule has 1 heterocycles. The van der Waals surface area contributed by atoms with Gasteiger partial charge in [-0.2, -0.15) is 4.31 Å². The summed E-state index contributed by atoms with van der Waals surface area (Å²) in [5.41, 5.74) is 0.103. The monoisotopic (exact) mass is 396 g/mol. The van der Waals surface area contributed by atoms with Gasteiger partial charge in [-0.05, 0) is 49.2 Å². The molecule has 0 radical (unpaired) electrons. The first-order valence-corrected chi connectivity index (χ1v) is 10.1. The minimum absolute atomic E-state index is 0.00629. The highest BCUT2D eigenvalue weighted by Crippen LogP contribution is 2.23. The van der Waals surface area contributed by atoms with Gasteiger partial charge in [0, 0.05) is 18.8 Å². The average molecular weight is 397 g/mol. The van der Waals surface area contributed by atoms with Crippen molar-refractivity contribution >= 4 is 33.2 Å². The van der Waals surface area contributed by atoms with Crippen LogP contribution in [0.5, 0.6) is 0 Å². The standard InChI is InChI=1S/C18H18ClFN2O3S/c19-15-5-4-6-16(20)17(15)18(23)21-13-7-9-14(10-8-13)26(24,25)22-11-2-1-3-12-22/h4-10H,1-3,11-12H2,(H,21,23). The molecular formula is C18H18ClFN2O3S. The smallest absolute Gasteiger partial charge is 0.260 e. The van der Waals surface area contributed by atoms with Crippen LogP contribution in [0.1, 0.15) is 29.6 Å². The summed E-state index contributed by atoms with van der Waals surface area (Å²) in [6.45, 7) is 1.04. The Hall–Kier alpha value is -1.96. The van der Waals surface area contributed by atoms with Crippen molar-refractivity contribution in [3.05, 3.63) is 58.9 Å². The summed E-state index contributed by atoms with van der Waals surface area (Å²) in [6, 6.07) is 9.80. The number of piperidine rings is 1. The third-order valence-electron chi connectivity index (χ3n) is 4.25. The summed E-state index contributed by atoms with van der Waals surface area (Å²) in [4.78, 5) is 12.4. The number of nitrogens with zero attached hydrogens (tertiary/aromatic N) is 1. The van der Waals surface area contributed by atoms with Crippen LogP contribution >= 0.6 is 11.6 Å². The van der Waals surface area contributed by atoms with Crippen LogP contribution in [0.25, 0.3) is 0 Å². The first-order valence-electron chi connectivity index (χ1n) is 8.25. The van der Waals surface area contributed by atoms with Gasteiger partial charge in [0.05, 0.1) is 15.5 Å². The lowest BCUT2D eigenvalue weighted by atomic mass is 10.2. The van der Waals surface area contributed by atoms with Crippen LogP contribution in [-0.2, 0) is 10.0 Å². The molecule has 1 N–H and O–H groups in total. The van der Waals surface area contributed by atoms with Crippen molar-refractivity contribution in [2.24, 2.45) is 0 Å². The van der Waals surface area contributed by atoms with Crippen LogP contribution in [0.2, 0.25) is 5.02 Å². The van der Waals surface area contributed by atoms with E-state index in [1.165, 1.54) is 40.7 Å². The largest absolute Gasteiger partial charge is 0.322 e. The van der Waals surface area contributed by atoms with Gasteiger partial charge >= 0.3 is 0 Å². The fraction of sp³-hybridized carbons (Fsp3) is 0.278. The van der Waals surface area contributed by atoms with Crippen LogP contribution in [0.3, 0.4) is 0 Å². The minimum Gasteiger partial charge on any atom is -0.322 e. The number of anilines is 1. The average Bonchev–Trinajstić information content (AvgIpc) is 2.63. The van der Waals surface area contributed by atoms with Gasteiger partial charge in [0.25, 0.3) is 5.91 Å². The van der Waals surface area contributed by atoms with Crippen molar-refractivity contribution in [1.82, 2.24) is 4.31 Å². The third kappa shape index (κ3) is 3.90. The van der Waals surface area contributed by atoms with E-state index in [-0.39, 0.29) is 15.5 Å². The summed E-state index contributed by atoms with van der Waals surface area (Å²) >= 11 is 5.88. The highest BCUT2D eigenvalue weighted by atomic mass is 35.5. The van der Waals surface area contributed by atoms with E-state index in [9.17, 15) is 17.6 Å². The molecule has 0 saturated carbocycles. The Bertz CT molecular complexity index is 890. The van der Waals surface area contributed by atoms with Gasteiger partial charge in [0.1, 0.15) is 5.82 Å². The zero-order chi connectivity index (χ0) is 18.7. The number of nitrogens with one attached hydrogen (secondary N) is 1. The van der Waals surface area contributed by atoms with Crippen LogP contribution in [0, 0.1) is 5.82 Å². The molecule has 0 aromatic heterocycles. The number of benzene rings is 2. The number of amides is 1. The summed E-state index contributed by atoms with van der Waals surface area (Å²) < 4.78 is 40.5. The van der Waals surface area contributed by atoms with E-state index in [2.05, 4.69) is 5.32 Å². The van der Waals surface area contributed by atoms with Crippen molar-refractivity contribution in [3.8, 4) is 0 Å². The Balaban J connectivity index is 1.76.